The third-order valence-corrected chi connectivity index (χ3v) is 6.15. The highest BCUT2D eigenvalue weighted by Gasteiger charge is 2.45. The van der Waals surface area contributed by atoms with Gasteiger partial charge in [-0.25, -0.2) is 4.98 Å². The van der Waals surface area contributed by atoms with Crippen LogP contribution in [0.1, 0.15) is 50.6 Å². The van der Waals surface area contributed by atoms with Crippen molar-refractivity contribution in [1.29, 1.82) is 0 Å². The lowest BCUT2D eigenvalue weighted by Gasteiger charge is -2.53. The largest absolute Gasteiger partial charge is 0.497 e. The van der Waals surface area contributed by atoms with Gasteiger partial charge in [-0.3, -0.25) is 4.79 Å². The topological polar surface area (TPSA) is 55.0 Å². The number of benzene rings is 1. The molecule has 2 saturated carbocycles. The minimum absolute atomic E-state index is 0.0629. The Labute approximate surface area is 142 Å². The third kappa shape index (κ3) is 2.94. The summed E-state index contributed by atoms with van der Waals surface area (Å²) in [7, 11) is 1.62. The van der Waals surface area contributed by atoms with E-state index in [1.54, 1.807) is 7.11 Å². The van der Waals surface area contributed by atoms with Crippen LogP contribution in [0, 0.1) is 17.8 Å². The first-order chi connectivity index (χ1) is 11.7. The number of aromatic nitrogens is 2. The first-order valence-corrected chi connectivity index (χ1v) is 9.31. The van der Waals surface area contributed by atoms with Gasteiger partial charge < -0.3 is 9.72 Å². The summed E-state index contributed by atoms with van der Waals surface area (Å²) in [5.41, 5.74) is 2.17. The highest BCUT2D eigenvalue weighted by molar-refractivity contribution is 5.75. The van der Waals surface area contributed by atoms with Gasteiger partial charge in [0.15, 0.2) is 0 Å². The van der Waals surface area contributed by atoms with Gasteiger partial charge in [-0.15, -0.1) is 0 Å². The highest BCUT2D eigenvalue weighted by atomic mass is 16.5. The van der Waals surface area contributed by atoms with E-state index in [4.69, 9.17) is 4.74 Å². The summed E-state index contributed by atoms with van der Waals surface area (Å²) in [6.45, 7) is 0. The maximum Gasteiger partial charge on any atom is 0.270 e. The van der Waals surface area contributed by atoms with Crippen LogP contribution >= 0.6 is 0 Å². The molecule has 128 valence electrons. The summed E-state index contributed by atoms with van der Waals surface area (Å²) >= 11 is 0. The van der Waals surface area contributed by atoms with Gasteiger partial charge in [0, 0.05) is 6.07 Å². The Bertz CT molecular complexity index is 783. The number of rotatable bonds is 7. The minimum atomic E-state index is -0.0629. The van der Waals surface area contributed by atoms with Crippen molar-refractivity contribution < 1.29 is 4.74 Å². The number of aromatic amines is 1. The van der Waals surface area contributed by atoms with Crippen molar-refractivity contribution in [3.05, 3.63) is 34.2 Å². The molecule has 0 aliphatic heterocycles. The first-order valence-electron chi connectivity index (χ1n) is 9.31. The molecule has 2 aliphatic carbocycles. The van der Waals surface area contributed by atoms with Crippen molar-refractivity contribution in [3.63, 3.8) is 0 Å². The van der Waals surface area contributed by atoms with Crippen LogP contribution in [-0.2, 0) is 6.42 Å². The number of nitrogens with one attached hydrogen (secondary N) is 1. The molecule has 1 heterocycles. The quantitative estimate of drug-likeness (QED) is 0.780. The van der Waals surface area contributed by atoms with Crippen LogP contribution in [0.15, 0.2) is 23.0 Å². The zero-order chi connectivity index (χ0) is 16.5. The number of hydrogen-bond donors (Lipinski definition) is 1. The normalized spacial score (nSPS) is 25.0. The number of unbranched alkanes of at least 4 members (excludes halogenated alkanes) is 2. The minimum Gasteiger partial charge on any atom is -0.497 e. The van der Waals surface area contributed by atoms with E-state index in [0.29, 0.717) is 5.69 Å². The SMILES string of the molecule is COc1ccc2nc(CCCCCC3CC4CC[C@@H]34)c(=O)[nH]c2c1. The van der Waals surface area contributed by atoms with Gasteiger partial charge in [0.25, 0.3) is 5.56 Å². The number of ether oxygens (including phenoxy) is 1. The Balaban J connectivity index is 1.29. The standard InChI is InChI=1S/C20H26N2O2/c1-24-15-8-10-17-19(12-15)22-20(23)18(21-17)6-4-2-3-5-13-11-14-7-9-16(13)14/h8,10,12-14,16H,2-7,9,11H2,1H3,(H,22,23)/t13?,14?,16-/m0/s1. The zero-order valence-electron chi connectivity index (χ0n) is 14.4. The van der Waals surface area contributed by atoms with Crippen LogP contribution in [0.5, 0.6) is 5.75 Å². The molecule has 3 atom stereocenters. The van der Waals surface area contributed by atoms with E-state index in [9.17, 15) is 4.79 Å². The maximum atomic E-state index is 12.2. The number of H-pyrrole nitrogens is 1. The monoisotopic (exact) mass is 326 g/mol. The van der Waals surface area contributed by atoms with Crippen molar-refractivity contribution in [2.75, 3.05) is 7.11 Å². The fourth-order valence-electron chi connectivity index (χ4n) is 4.48. The van der Waals surface area contributed by atoms with Crippen LogP contribution in [0.25, 0.3) is 11.0 Å². The molecule has 4 rings (SSSR count). The van der Waals surface area contributed by atoms with Crippen molar-refractivity contribution in [2.24, 2.45) is 17.8 Å². The van der Waals surface area contributed by atoms with Crippen molar-refractivity contribution in [3.8, 4) is 5.75 Å². The molecule has 1 aromatic heterocycles. The van der Waals surface area contributed by atoms with Gasteiger partial charge in [-0.1, -0.05) is 19.3 Å². The molecule has 4 nitrogen and oxygen atoms in total. The molecular formula is C20H26N2O2. The predicted octanol–water partition coefficient (Wildman–Crippen LogP) is 4.08. The van der Waals surface area contributed by atoms with Crippen LogP contribution < -0.4 is 10.3 Å². The molecule has 2 unspecified atom stereocenters. The van der Waals surface area contributed by atoms with Gasteiger partial charge in [0.1, 0.15) is 11.4 Å². The lowest BCUT2D eigenvalue weighted by molar-refractivity contribution is -0.0305. The fraction of sp³-hybridized carbons (Fsp3) is 0.600. The van der Waals surface area contributed by atoms with Crippen LogP contribution in [0.3, 0.4) is 0 Å². The van der Waals surface area contributed by atoms with Gasteiger partial charge >= 0.3 is 0 Å². The summed E-state index contributed by atoms with van der Waals surface area (Å²) in [4.78, 5) is 19.7. The van der Waals surface area contributed by atoms with Gasteiger partial charge in [0.2, 0.25) is 0 Å². The second kappa shape index (κ2) is 6.58. The molecule has 0 spiro atoms. The zero-order valence-corrected chi connectivity index (χ0v) is 14.4. The average molecular weight is 326 g/mol. The average Bonchev–Trinajstić information content (AvgIpc) is 2.57. The van der Waals surface area contributed by atoms with Gasteiger partial charge in [-0.05, 0) is 62.0 Å². The van der Waals surface area contributed by atoms with Crippen molar-refractivity contribution in [1.82, 2.24) is 9.97 Å². The van der Waals surface area contributed by atoms with Crippen molar-refractivity contribution >= 4 is 11.0 Å². The second-order valence-corrected chi connectivity index (χ2v) is 7.49. The molecule has 1 N–H and O–H groups in total. The Morgan fingerprint density at radius 2 is 2.17 bits per heavy atom. The molecule has 2 fully saturated rings. The van der Waals surface area contributed by atoms with E-state index < -0.39 is 0 Å². The second-order valence-electron chi connectivity index (χ2n) is 7.49. The molecular weight excluding hydrogens is 300 g/mol. The molecule has 0 saturated heterocycles. The lowest BCUT2D eigenvalue weighted by atomic mass is 9.52. The molecule has 2 aromatic rings. The van der Waals surface area contributed by atoms with E-state index >= 15 is 0 Å². The number of methoxy groups -OCH3 is 1. The summed E-state index contributed by atoms with van der Waals surface area (Å²) in [6.07, 6.45) is 10.2. The third-order valence-electron chi connectivity index (χ3n) is 6.15. The van der Waals surface area contributed by atoms with E-state index in [1.807, 2.05) is 18.2 Å². The summed E-state index contributed by atoms with van der Waals surface area (Å²) < 4.78 is 5.19. The van der Waals surface area contributed by atoms with Crippen molar-refractivity contribution in [2.45, 2.75) is 51.4 Å². The van der Waals surface area contributed by atoms with Crippen LogP contribution in [0.2, 0.25) is 0 Å². The fourth-order valence-corrected chi connectivity index (χ4v) is 4.48. The van der Waals surface area contributed by atoms with Crippen LogP contribution in [-0.4, -0.2) is 17.1 Å². The Morgan fingerprint density at radius 3 is 2.88 bits per heavy atom. The smallest absolute Gasteiger partial charge is 0.270 e. The van der Waals surface area contributed by atoms with E-state index in [1.165, 1.54) is 38.5 Å². The number of aryl methyl sites for hydroxylation is 1. The van der Waals surface area contributed by atoms with Crippen LogP contribution in [0.4, 0.5) is 0 Å². The first kappa shape index (κ1) is 15.7. The molecule has 1 aromatic carbocycles. The molecule has 4 heteroatoms. The maximum absolute atomic E-state index is 12.2. The van der Waals surface area contributed by atoms with Gasteiger partial charge in [-0.2, -0.15) is 0 Å². The van der Waals surface area contributed by atoms with E-state index in [2.05, 4.69) is 9.97 Å². The number of fused-ring (bicyclic) bond motifs is 2. The summed E-state index contributed by atoms with van der Waals surface area (Å²) in [5.74, 6) is 3.92. The lowest BCUT2D eigenvalue weighted by Crippen LogP contribution is -2.44. The van der Waals surface area contributed by atoms with Gasteiger partial charge in [0.05, 0.1) is 18.1 Å². The molecule has 24 heavy (non-hydrogen) atoms. The Hall–Kier alpha value is -1.84. The van der Waals surface area contributed by atoms with E-state index in [0.717, 1.165) is 47.4 Å². The molecule has 0 amide bonds. The molecule has 0 radical (unpaired) electrons. The number of hydrogen-bond acceptors (Lipinski definition) is 3. The summed E-state index contributed by atoms with van der Waals surface area (Å²) in [5, 5.41) is 0. The Morgan fingerprint density at radius 1 is 1.25 bits per heavy atom. The molecule has 0 bridgehead atoms. The predicted molar refractivity (Wildman–Crippen MR) is 95.4 cm³/mol. The Kier molecular flexibility index (Phi) is 4.30. The summed E-state index contributed by atoms with van der Waals surface area (Å²) in [6, 6.07) is 5.60. The number of nitrogens with zero attached hydrogens (tertiary/aromatic N) is 1. The van der Waals surface area contributed by atoms with E-state index in [-0.39, 0.29) is 5.56 Å². The highest BCUT2D eigenvalue weighted by Crippen LogP contribution is 2.55. The molecule has 2 aliphatic rings.